The molecule has 0 heterocycles. The van der Waals surface area contributed by atoms with Crippen molar-refractivity contribution in [1.82, 2.24) is 10.2 Å². The summed E-state index contributed by atoms with van der Waals surface area (Å²) in [7, 11) is -3.71. The van der Waals surface area contributed by atoms with Crippen LogP contribution in [0, 0.1) is 0 Å². The summed E-state index contributed by atoms with van der Waals surface area (Å²) in [4.78, 5) is 28.6. The largest absolute Gasteiger partial charge is 0.352 e. The van der Waals surface area contributed by atoms with Gasteiger partial charge in [-0.2, -0.15) is 0 Å². The molecule has 0 unspecified atom stereocenters. The minimum atomic E-state index is -3.71. The smallest absolute Gasteiger partial charge is 0.243 e. The van der Waals surface area contributed by atoms with Crippen molar-refractivity contribution in [3.05, 3.63) is 62.1 Å². The van der Waals surface area contributed by atoms with Gasteiger partial charge in [-0.05, 0) is 61.6 Å². The van der Waals surface area contributed by atoms with E-state index in [2.05, 4.69) is 5.32 Å². The number of hydrogen-bond acceptors (Lipinski definition) is 4. The van der Waals surface area contributed by atoms with Crippen LogP contribution in [0.2, 0.25) is 20.1 Å². The van der Waals surface area contributed by atoms with E-state index in [0.717, 1.165) is 42.7 Å². The topological polar surface area (TPSA) is 86.8 Å². The maximum absolute atomic E-state index is 13.7. The van der Waals surface area contributed by atoms with Gasteiger partial charge in [-0.1, -0.05) is 78.7 Å². The molecule has 0 saturated heterocycles. The summed E-state index contributed by atoms with van der Waals surface area (Å²) >= 11 is 24.9. The number of rotatable bonds is 12. The maximum atomic E-state index is 13.7. The van der Waals surface area contributed by atoms with E-state index in [1.54, 1.807) is 24.3 Å². The third-order valence-electron chi connectivity index (χ3n) is 7.02. The highest BCUT2D eigenvalue weighted by Gasteiger charge is 2.31. The first-order chi connectivity index (χ1) is 18.9. The molecule has 7 nitrogen and oxygen atoms in total. The number of amides is 2. The zero-order valence-corrected chi connectivity index (χ0v) is 26.5. The molecule has 2 aromatic rings. The maximum Gasteiger partial charge on any atom is 0.243 e. The summed E-state index contributed by atoms with van der Waals surface area (Å²) < 4.78 is 26.3. The molecular weight excluding hydrogens is 616 g/mol. The van der Waals surface area contributed by atoms with Gasteiger partial charge < -0.3 is 10.2 Å². The third-order valence-corrected chi connectivity index (χ3v) is 9.34. The van der Waals surface area contributed by atoms with Gasteiger partial charge in [0.2, 0.25) is 21.8 Å². The lowest BCUT2D eigenvalue weighted by Crippen LogP contribution is -2.51. The quantitative estimate of drug-likeness (QED) is 0.265. The monoisotopic (exact) mass is 649 g/mol. The predicted octanol–water partition coefficient (Wildman–Crippen LogP) is 7.10. The molecular formula is C28H35Cl4N3O4S. The second kappa shape index (κ2) is 15.0. The van der Waals surface area contributed by atoms with E-state index in [4.69, 9.17) is 46.4 Å². The van der Waals surface area contributed by atoms with E-state index in [9.17, 15) is 18.0 Å². The highest BCUT2D eigenvalue weighted by Crippen LogP contribution is 2.31. The van der Waals surface area contributed by atoms with Crippen molar-refractivity contribution in [3.63, 3.8) is 0 Å². The van der Waals surface area contributed by atoms with Crippen LogP contribution in [0.4, 0.5) is 5.69 Å². The van der Waals surface area contributed by atoms with Gasteiger partial charge in [0.1, 0.15) is 6.04 Å². The third kappa shape index (κ3) is 9.15. The summed E-state index contributed by atoms with van der Waals surface area (Å²) in [5, 5.41) is 4.57. The van der Waals surface area contributed by atoms with Gasteiger partial charge in [-0.15, -0.1) is 0 Å². The molecule has 0 radical (unpaired) electrons. The first-order valence-corrected chi connectivity index (χ1v) is 16.7. The summed E-state index contributed by atoms with van der Waals surface area (Å²) in [6.07, 6.45) is 6.82. The number of hydrogen-bond donors (Lipinski definition) is 1. The van der Waals surface area contributed by atoms with Crippen LogP contribution in [0.15, 0.2) is 36.4 Å². The van der Waals surface area contributed by atoms with Crippen LogP contribution in [0.5, 0.6) is 0 Å². The Hall–Kier alpha value is -1.71. The Balaban J connectivity index is 1.81. The van der Waals surface area contributed by atoms with E-state index in [0.29, 0.717) is 27.1 Å². The SMILES string of the molecule is CC[C@H](C(=O)NC1CCCCC1)N(Cc1ccc(Cl)cc1Cl)C(=O)CCCN(c1cc(Cl)ccc1Cl)S(C)(=O)=O. The van der Waals surface area contributed by atoms with Crippen molar-refractivity contribution >= 4 is 73.9 Å². The van der Waals surface area contributed by atoms with Crippen molar-refractivity contribution in [2.75, 3.05) is 17.1 Å². The normalized spacial score (nSPS) is 14.9. The zero-order valence-electron chi connectivity index (χ0n) is 22.6. The van der Waals surface area contributed by atoms with Crippen molar-refractivity contribution in [1.29, 1.82) is 0 Å². The van der Waals surface area contributed by atoms with Gasteiger partial charge in [-0.3, -0.25) is 13.9 Å². The number of carbonyl (C=O) groups excluding carboxylic acids is 2. The molecule has 2 amide bonds. The van der Waals surface area contributed by atoms with Gasteiger partial charge in [0.15, 0.2) is 0 Å². The first kappa shape index (κ1) is 32.8. The van der Waals surface area contributed by atoms with Crippen LogP contribution in [-0.2, 0) is 26.2 Å². The minimum Gasteiger partial charge on any atom is -0.352 e. The lowest BCUT2D eigenvalue weighted by molar-refractivity contribution is -0.141. The molecule has 0 spiro atoms. The molecule has 0 aromatic heterocycles. The lowest BCUT2D eigenvalue weighted by atomic mass is 9.95. The molecule has 3 rings (SSSR count). The van der Waals surface area contributed by atoms with E-state index < -0.39 is 16.1 Å². The fraction of sp³-hybridized carbons (Fsp3) is 0.500. The Morgan fingerprint density at radius 1 is 0.975 bits per heavy atom. The van der Waals surface area contributed by atoms with Crippen molar-refractivity contribution in [3.8, 4) is 0 Å². The molecule has 2 aromatic carbocycles. The Morgan fingerprint density at radius 2 is 1.62 bits per heavy atom. The Bertz CT molecular complexity index is 1300. The second-order valence-corrected chi connectivity index (χ2v) is 13.7. The molecule has 12 heteroatoms. The molecule has 1 aliphatic rings. The van der Waals surface area contributed by atoms with E-state index in [1.165, 1.54) is 17.0 Å². The molecule has 1 aliphatic carbocycles. The number of sulfonamides is 1. The van der Waals surface area contributed by atoms with Gasteiger partial charge >= 0.3 is 0 Å². The van der Waals surface area contributed by atoms with Crippen LogP contribution in [0.3, 0.4) is 0 Å². The number of benzene rings is 2. The fourth-order valence-electron chi connectivity index (χ4n) is 4.96. The first-order valence-electron chi connectivity index (χ1n) is 13.4. The summed E-state index contributed by atoms with van der Waals surface area (Å²) in [5.41, 5.74) is 0.902. The molecule has 1 atom stereocenters. The Morgan fingerprint density at radius 3 is 2.25 bits per heavy atom. The van der Waals surface area contributed by atoms with Crippen LogP contribution in [0.1, 0.15) is 63.9 Å². The van der Waals surface area contributed by atoms with Gasteiger partial charge in [0.25, 0.3) is 0 Å². The van der Waals surface area contributed by atoms with Gasteiger partial charge in [-0.25, -0.2) is 8.42 Å². The minimum absolute atomic E-state index is 0.00260. The zero-order chi connectivity index (χ0) is 29.4. The van der Waals surface area contributed by atoms with E-state index in [1.807, 2.05) is 6.92 Å². The average molecular weight is 651 g/mol. The molecule has 220 valence electrons. The highest BCUT2D eigenvalue weighted by molar-refractivity contribution is 7.92. The number of carbonyl (C=O) groups is 2. The van der Waals surface area contributed by atoms with Gasteiger partial charge in [0, 0.05) is 40.6 Å². The molecule has 1 saturated carbocycles. The van der Waals surface area contributed by atoms with Crippen molar-refractivity contribution < 1.29 is 18.0 Å². The van der Waals surface area contributed by atoms with Crippen LogP contribution < -0.4 is 9.62 Å². The van der Waals surface area contributed by atoms with E-state index in [-0.39, 0.29) is 54.5 Å². The second-order valence-electron chi connectivity index (χ2n) is 10.1. The number of nitrogens with one attached hydrogen (secondary N) is 1. The fourth-order valence-corrected chi connectivity index (χ4v) is 6.83. The van der Waals surface area contributed by atoms with E-state index >= 15 is 0 Å². The Labute approximate surface area is 257 Å². The van der Waals surface area contributed by atoms with Crippen molar-refractivity contribution in [2.24, 2.45) is 0 Å². The Kier molecular flexibility index (Phi) is 12.3. The summed E-state index contributed by atoms with van der Waals surface area (Å²) in [6.45, 7) is 1.98. The van der Waals surface area contributed by atoms with Crippen LogP contribution >= 0.6 is 46.4 Å². The number of nitrogens with zero attached hydrogens (tertiary/aromatic N) is 2. The molecule has 0 bridgehead atoms. The highest BCUT2D eigenvalue weighted by atomic mass is 35.5. The molecule has 0 aliphatic heterocycles. The number of halogens is 4. The molecule has 40 heavy (non-hydrogen) atoms. The van der Waals surface area contributed by atoms with Gasteiger partial charge in [0.05, 0.1) is 17.0 Å². The molecule has 1 fully saturated rings. The molecule has 1 N–H and O–H groups in total. The average Bonchev–Trinajstić information content (AvgIpc) is 2.89. The van der Waals surface area contributed by atoms with Crippen LogP contribution in [-0.4, -0.2) is 50.0 Å². The standard InChI is InChI=1S/C28H35Cl4N3O4S/c1-3-25(28(37)33-22-8-5-4-6-9-22)34(18-19-11-12-20(29)16-24(19)32)27(36)10-7-15-35(40(2,38)39)26-17-21(30)13-14-23(26)31/h11-14,16-17,22,25H,3-10,15,18H2,1-2H3,(H,33,37)/t25-/m1/s1. The number of anilines is 1. The summed E-state index contributed by atoms with van der Waals surface area (Å²) in [5.74, 6) is -0.487. The van der Waals surface area contributed by atoms with Crippen LogP contribution in [0.25, 0.3) is 0 Å². The van der Waals surface area contributed by atoms with Crippen molar-refractivity contribution in [2.45, 2.75) is 76.9 Å². The predicted molar refractivity (Wildman–Crippen MR) is 164 cm³/mol. The lowest BCUT2D eigenvalue weighted by Gasteiger charge is -2.33. The summed E-state index contributed by atoms with van der Waals surface area (Å²) in [6, 6.07) is 8.98.